The van der Waals surface area contributed by atoms with E-state index >= 15 is 0 Å². The third-order valence-corrected chi connectivity index (χ3v) is 2.93. The second kappa shape index (κ2) is 5.27. The highest BCUT2D eigenvalue weighted by Crippen LogP contribution is 2.15. The molecule has 1 aromatic rings. The fourth-order valence-corrected chi connectivity index (χ4v) is 2.00. The van der Waals surface area contributed by atoms with Gasteiger partial charge in [-0.2, -0.15) is 0 Å². The average molecular weight is 224 g/mol. The van der Waals surface area contributed by atoms with Crippen molar-refractivity contribution in [3.8, 4) is 0 Å². The zero-order valence-electron chi connectivity index (χ0n) is 9.37. The molecule has 1 aliphatic heterocycles. The lowest BCUT2D eigenvalue weighted by Gasteiger charge is -2.32. The molecule has 88 valence electrons. The van der Waals surface area contributed by atoms with E-state index in [4.69, 9.17) is 4.74 Å². The van der Waals surface area contributed by atoms with Crippen molar-refractivity contribution < 1.29 is 9.13 Å². The van der Waals surface area contributed by atoms with E-state index in [1.807, 2.05) is 0 Å². The topological polar surface area (TPSA) is 33.3 Å². The largest absolute Gasteiger partial charge is 0.380 e. The van der Waals surface area contributed by atoms with Gasteiger partial charge < -0.3 is 15.4 Å². The molecule has 4 heteroatoms. The van der Waals surface area contributed by atoms with Crippen LogP contribution >= 0.6 is 0 Å². The highest BCUT2D eigenvalue weighted by molar-refractivity contribution is 5.44. The van der Waals surface area contributed by atoms with Gasteiger partial charge in [-0.05, 0) is 37.2 Å². The van der Waals surface area contributed by atoms with Crippen LogP contribution in [0, 0.1) is 5.82 Å². The average Bonchev–Trinajstić information content (AvgIpc) is 2.33. The molecule has 1 heterocycles. The molecule has 0 unspecified atom stereocenters. The first-order chi connectivity index (χ1) is 7.79. The first kappa shape index (κ1) is 11.4. The highest BCUT2D eigenvalue weighted by Gasteiger charge is 2.24. The van der Waals surface area contributed by atoms with Gasteiger partial charge in [-0.25, -0.2) is 4.39 Å². The maximum atomic E-state index is 12.7. The molecular formula is C12H17FN2O. The summed E-state index contributed by atoms with van der Waals surface area (Å²) >= 11 is 0. The van der Waals surface area contributed by atoms with Gasteiger partial charge in [0.1, 0.15) is 5.82 Å². The minimum Gasteiger partial charge on any atom is -0.380 e. The molecule has 0 amide bonds. The molecule has 1 saturated heterocycles. The number of hydrogen-bond donors (Lipinski definition) is 2. The number of nitrogens with one attached hydrogen (secondary N) is 2. The summed E-state index contributed by atoms with van der Waals surface area (Å²) < 4.78 is 18.1. The van der Waals surface area contributed by atoms with Crippen molar-refractivity contribution in [3.05, 3.63) is 30.1 Å². The lowest BCUT2D eigenvalue weighted by molar-refractivity contribution is 0.0707. The second-order valence-corrected chi connectivity index (χ2v) is 4.02. The molecule has 0 spiro atoms. The number of hydrogen-bond acceptors (Lipinski definition) is 3. The van der Waals surface area contributed by atoms with Crippen molar-refractivity contribution in [3.63, 3.8) is 0 Å². The molecule has 0 bridgehead atoms. The first-order valence-corrected chi connectivity index (χ1v) is 5.55. The number of anilines is 1. The molecule has 16 heavy (non-hydrogen) atoms. The first-order valence-electron chi connectivity index (χ1n) is 5.55. The van der Waals surface area contributed by atoms with E-state index in [0.717, 1.165) is 25.2 Å². The van der Waals surface area contributed by atoms with Crippen molar-refractivity contribution >= 4 is 5.69 Å². The van der Waals surface area contributed by atoms with Crippen LogP contribution in [0.15, 0.2) is 24.3 Å². The van der Waals surface area contributed by atoms with Gasteiger partial charge >= 0.3 is 0 Å². The summed E-state index contributed by atoms with van der Waals surface area (Å²) in [6.45, 7) is 1.84. The molecular weight excluding hydrogens is 207 g/mol. The van der Waals surface area contributed by atoms with Gasteiger partial charge in [-0.3, -0.25) is 0 Å². The number of piperidine rings is 1. The van der Waals surface area contributed by atoms with Crippen LogP contribution in [0.1, 0.15) is 6.42 Å². The highest BCUT2D eigenvalue weighted by atomic mass is 19.1. The maximum absolute atomic E-state index is 12.7. The van der Waals surface area contributed by atoms with Crippen LogP contribution in [0.3, 0.4) is 0 Å². The van der Waals surface area contributed by atoms with Gasteiger partial charge in [0.15, 0.2) is 0 Å². The Morgan fingerprint density at radius 1 is 1.38 bits per heavy atom. The molecule has 0 saturated carbocycles. The summed E-state index contributed by atoms with van der Waals surface area (Å²) in [5.41, 5.74) is 0.940. The van der Waals surface area contributed by atoms with Crippen molar-refractivity contribution in [2.75, 3.05) is 25.5 Å². The number of halogens is 1. The predicted octanol–water partition coefficient (Wildman–Crippen LogP) is 1.61. The quantitative estimate of drug-likeness (QED) is 0.818. The van der Waals surface area contributed by atoms with Crippen molar-refractivity contribution in [1.29, 1.82) is 0 Å². The van der Waals surface area contributed by atoms with Gasteiger partial charge in [0, 0.05) is 19.3 Å². The second-order valence-electron chi connectivity index (χ2n) is 4.02. The monoisotopic (exact) mass is 224 g/mol. The van der Waals surface area contributed by atoms with E-state index in [2.05, 4.69) is 10.6 Å². The molecule has 1 fully saturated rings. The third kappa shape index (κ3) is 2.71. The minimum absolute atomic E-state index is 0.166. The number of benzene rings is 1. The predicted molar refractivity (Wildman–Crippen MR) is 62.1 cm³/mol. The summed E-state index contributed by atoms with van der Waals surface area (Å²) in [5.74, 6) is -0.209. The van der Waals surface area contributed by atoms with Crippen molar-refractivity contribution in [2.45, 2.75) is 18.6 Å². The summed E-state index contributed by atoms with van der Waals surface area (Å²) in [4.78, 5) is 0. The molecule has 2 rings (SSSR count). The number of methoxy groups -OCH3 is 1. The lowest BCUT2D eigenvalue weighted by Crippen LogP contribution is -2.48. The normalized spacial score (nSPS) is 25.4. The summed E-state index contributed by atoms with van der Waals surface area (Å²) in [6.07, 6.45) is 1.18. The Bertz CT molecular complexity index is 328. The molecule has 0 radical (unpaired) electrons. The van der Waals surface area contributed by atoms with Crippen LogP contribution in [0.2, 0.25) is 0 Å². The minimum atomic E-state index is -0.209. The van der Waals surface area contributed by atoms with Gasteiger partial charge in [-0.15, -0.1) is 0 Å². The molecule has 3 nitrogen and oxygen atoms in total. The lowest BCUT2D eigenvalue weighted by atomic mass is 10.0. The zero-order valence-corrected chi connectivity index (χ0v) is 9.37. The Balaban J connectivity index is 1.99. The van der Waals surface area contributed by atoms with Crippen LogP contribution in [-0.4, -0.2) is 32.3 Å². The van der Waals surface area contributed by atoms with Crippen molar-refractivity contribution in [1.82, 2.24) is 5.32 Å². The summed E-state index contributed by atoms with van der Waals surface area (Å²) in [5, 5.41) is 6.66. The van der Waals surface area contributed by atoms with Crippen LogP contribution < -0.4 is 10.6 Å². The van der Waals surface area contributed by atoms with E-state index in [1.54, 1.807) is 19.2 Å². The zero-order chi connectivity index (χ0) is 11.4. The molecule has 2 N–H and O–H groups in total. The fraction of sp³-hybridized carbons (Fsp3) is 0.500. The SMILES string of the molecule is CO[C@H]1CNCC[C@H]1Nc1ccc(F)cc1. The Kier molecular flexibility index (Phi) is 3.74. The smallest absolute Gasteiger partial charge is 0.123 e. The molecule has 2 atom stereocenters. The van der Waals surface area contributed by atoms with Crippen LogP contribution in [-0.2, 0) is 4.74 Å². The molecule has 1 aliphatic rings. The van der Waals surface area contributed by atoms with E-state index < -0.39 is 0 Å². The standard InChI is InChI=1S/C12H17FN2O/c1-16-12-8-14-7-6-11(12)15-10-4-2-9(13)3-5-10/h2-5,11-12,14-15H,6-8H2,1H3/t11-,12+/m1/s1. The van der Waals surface area contributed by atoms with E-state index in [0.29, 0.717) is 0 Å². The van der Waals surface area contributed by atoms with Crippen LogP contribution in [0.25, 0.3) is 0 Å². The number of ether oxygens (including phenoxy) is 1. The van der Waals surface area contributed by atoms with Crippen molar-refractivity contribution in [2.24, 2.45) is 0 Å². The third-order valence-electron chi connectivity index (χ3n) is 2.93. The Labute approximate surface area is 95.0 Å². The van der Waals surface area contributed by atoms with E-state index in [-0.39, 0.29) is 18.0 Å². The Hall–Kier alpha value is -1.13. The molecule has 0 aromatic heterocycles. The Morgan fingerprint density at radius 3 is 2.81 bits per heavy atom. The van der Waals surface area contributed by atoms with E-state index in [9.17, 15) is 4.39 Å². The van der Waals surface area contributed by atoms with Gasteiger partial charge in [-0.1, -0.05) is 0 Å². The summed E-state index contributed by atoms with van der Waals surface area (Å²) in [6, 6.07) is 6.72. The summed E-state index contributed by atoms with van der Waals surface area (Å²) in [7, 11) is 1.72. The molecule has 1 aromatic carbocycles. The fourth-order valence-electron chi connectivity index (χ4n) is 2.00. The van der Waals surface area contributed by atoms with Crippen LogP contribution in [0.5, 0.6) is 0 Å². The van der Waals surface area contributed by atoms with E-state index in [1.165, 1.54) is 12.1 Å². The van der Waals surface area contributed by atoms with Crippen LogP contribution in [0.4, 0.5) is 10.1 Å². The Morgan fingerprint density at radius 2 is 2.12 bits per heavy atom. The van der Waals surface area contributed by atoms with Gasteiger partial charge in [0.2, 0.25) is 0 Å². The van der Waals surface area contributed by atoms with Gasteiger partial charge in [0.25, 0.3) is 0 Å². The number of rotatable bonds is 3. The molecule has 0 aliphatic carbocycles. The maximum Gasteiger partial charge on any atom is 0.123 e. The van der Waals surface area contributed by atoms with Gasteiger partial charge in [0.05, 0.1) is 12.1 Å².